The molecule has 1 atom stereocenters. The Balaban J connectivity index is 1.94. The highest BCUT2D eigenvalue weighted by atomic mass is 32.2. The molecule has 1 aliphatic heterocycles. The fourth-order valence-corrected chi connectivity index (χ4v) is 3.60. The van der Waals surface area contributed by atoms with Crippen molar-refractivity contribution in [1.82, 2.24) is 4.90 Å². The molecule has 1 heterocycles. The molecule has 2 N–H and O–H groups in total. The molecule has 0 spiro atoms. The summed E-state index contributed by atoms with van der Waals surface area (Å²) < 4.78 is 0. The smallest absolute Gasteiger partial charge is 0.253 e. The van der Waals surface area contributed by atoms with E-state index in [0.29, 0.717) is 11.2 Å². The highest BCUT2D eigenvalue weighted by molar-refractivity contribution is 7.99. The molecule has 1 aromatic rings. The summed E-state index contributed by atoms with van der Waals surface area (Å²) in [6, 6.07) is 8.23. The first-order chi connectivity index (χ1) is 9.97. The number of rotatable bonds is 4. The number of carbonyl (C=O) groups excluding carboxylic acids is 1. The van der Waals surface area contributed by atoms with Crippen LogP contribution in [0.15, 0.2) is 29.2 Å². The zero-order chi connectivity index (χ0) is 15.4. The van der Waals surface area contributed by atoms with Crippen molar-refractivity contribution in [2.75, 3.05) is 13.1 Å². The van der Waals surface area contributed by atoms with Crippen molar-refractivity contribution in [3.05, 3.63) is 29.8 Å². The predicted octanol–water partition coefficient (Wildman–Crippen LogP) is 3.39. The second kappa shape index (κ2) is 7.32. The zero-order valence-corrected chi connectivity index (χ0v) is 14.0. The average Bonchev–Trinajstić information content (AvgIpc) is 2.47. The Morgan fingerprint density at radius 3 is 2.24 bits per heavy atom. The molecule has 21 heavy (non-hydrogen) atoms. The van der Waals surface area contributed by atoms with Crippen LogP contribution in [0, 0.1) is 5.92 Å². The van der Waals surface area contributed by atoms with Gasteiger partial charge >= 0.3 is 0 Å². The Labute approximate surface area is 132 Å². The quantitative estimate of drug-likeness (QED) is 0.867. The van der Waals surface area contributed by atoms with Crippen LogP contribution in [0.3, 0.4) is 0 Å². The first-order valence-electron chi connectivity index (χ1n) is 7.79. The average molecular weight is 306 g/mol. The van der Waals surface area contributed by atoms with Crippen molar-refractivity contribution in [2.45, 2.75) is 49.8 Å². The number of piperidine rings is 1. The fraction of sp³-hybridized carbons (Fsp3) is 0.588. The van der Waals surface area contributed by atoms with Gasteiger partial charge in [-0.15, -0.1) is 11.8 Å². The van der Waals surface area contributed by atoms with Gasteiger partial charge in [0, 0.05) is 34.8 Å². The summed E-state index contributed by atoms with van der Waals surface area (Å²) in [5.41, 5.74) is 6.74. The summed E-state index contributed by atoms with van der Waals surface area (Å²) >= 11 is 1.82. The fourth-order valence-electron chi connectivity index (χ4n) is 2.76. The minimum atomic E-state index is 0.152. The molecule has 1 aliphatic rings. The van der Waals surface area contributed by atoms with Gasteiger partial charge in [0.2, 0.25) is 0 Å². The van der Waals surface area contributed by atoms with Crippen molar-refractivity contribution in [1.29, 1.82) is 0 Å². The van der Waals surface area contributed by atoms with Gasteiger partial charge in [-0.25, -0.2) is 0 Å². The topological polar surface area (TPSA) is 46.3 Å². The van der Waals surface area contributed by atoms with E-state index in [-0.39, 0.29) is 11.9 Å². The number of likely N-dealkylation sites (tertiary alicyclic amines) is 1. The van der Waals surface area contributed by atoms with Gasteiger partial charge in [0.15, 0.2) is 0 Å². The Morgan fingerprint density at radius 2 is 1.76 bits per heavy atom. The molecule has 1 aromatic carbocycles. The molecule has 0 radical (unpaired) electrons. The lowest BCUT2D eigenvalue weighted by Gasteiger charge is -2.33. The van der Waals surface area contributed by atoms with E-state index in [0.717, 1.165) is 31.5 Å². The molecule has 1 unspecified atom stereocenters. The van der Waals surface area contributed by atoms with E-state index in [1.54, 1.807) is 0 Å². The predicted molar refractivity (Wildman–Crippen MR) is 89.7 cm³/mol. The molecule has 1 amide bonds. The molecule has 0 aromatic heterocycles. The minimum absolute atomic E-state index is 0.152. The molecule has 116 valence electrons. The molecular formula is C17H26N2OS. The minimum Gasteiger partial charge on any atom is -0.339 e. The lowest BCUT2D eigenvalue weighted by molar-refractivity contribution is 0.0681. The van der Waals surface area contributed by atoms with Crippen LogP contribution in [0.1, 0.15) is 44.0 Å². The summed E-state index contributed by atoms with van der Waals surface area (Å²) in [6.45, 7) is 8.06. The van der Waals surface area contributed by atoms with Gasteiger partial charge in [0.25, 0.3) is 5.91 Å². The van der Waals surface area contributed by atoms with Crippen molar-refractivity contribution in [3.63, 3.8) is 0 Å². The maximum Gasteiger partial charge on any atom is 0.253 e. The number of nitrogens with zero attached hydrogens (tertiary/aromatic N) is 1. The SMILES string of the molecule is CC(C)Sc1ccc(C(=O)N2CCC(C(C)N)CC2)cc1. The van der Waals surface area contributed by atoms with Gasteiger partial charge in [-0.3, -0.25) is 4.79 Å². The monoisotopic (exact) mass is 306 g/mol. The molecule has 0 saturated carbocycles. The van der Waals surface area contributed by atoms with E-state index in [1.165, 1.54) is 4.90 Å². The van der Waals surface area contributed by atoms with Gasteiger partial charge in [0.05, 0.1) is 0 Å². The van der Waals surface area contributed by atoms with Crippen molar-refractivity contribution in [2.24, 2.45) is 11.7 Å². The van der Waals surface area contributed by atoms with Gasteiger partial charge in [-0.1, -0.05) is 13.8 Å². The molecule has 1 saturated heterocycles. The number of benzene rings is 1. The number of amides is 1. The number of hydrogen-bond acceptors (Lipinski definition) is 3. The van der Waals surface area contributed by atoms with Crippen molar-refractivity contribution in [3.8, 4) is 0 Å². The first kappa shape index (κ1) is 16.4. The normalized spacial score (nSPS) is 18.0. The number of nitrogens with two attached hydrogens (primary N) is 1. The number of thioether (sulfide) groups is 1. The Bertz CT molecular complexity index is 462. The van der Waals surface area contributed by atoms with Gasteiger partial charge < -0.3 is 10.6 Å². The molecule has 4 heteroatoms. The van der Waals surface area contributed by atoms with Crippen molar-refractivity contribution < 1.29 is 4.79 Å². The van der Waals surface area contributed by atoms with Gasteiger partial charge in [-0.2, -0.15) is 0 Å². The maximum absolute atomic E-state index is 12.5. The van der Waals surface area contributed by atoms with Crippen LogP contribution in [-0.2, 0) is 0 Å². The van der Waals surface area contributed by atoms with Gasteiger partial charge in [-0.05, 0) is 49.9 Å². The third-order valence-electron chi connectivity index (χ3n) is 4.04. The van der Waals surface area contributed by atoms with Crippen molar-refractivity contribution >= 4 is 17.7 Å². The zero-order valence-electron chi connectivity index (χ0n) is 13.2. The second-order valence-electron chi connectivity index (χ2n) is 6.18. The summed E-state index contributed by atoms with van der Waals surface area (Å²) in [5.74, 6) is 0.707. The molecule has 3 nitrogen and oxygen atoms in total. The molecular weight excluding hydrogens is 280 g/mol. The lowest BCUT2D eigenvalue weighted by Crippen LogP contribution is -2.42. The number of hydrogen-bond donors (Lipinski definition) is 1. The molecule has 2 rings (SSSR count). The molecule has 0 bridgehead atoms. The Hall–Kier alpha value is -1.00. The highest BCUT2D eigenvalue weighted by Gasteiger charge is 2.25. The summed E-state index contributed by atoms with van der Waals surface area (Å²) in [5, 5.41) is 0.559. The third-order valence-corrected chi connectivity index (χ3v) is 5.06. The second-order valence-corrected chi connectivity index (χ2v) is 7.83. The van der Waals surface area contributed by atoms with E-state index in [4.69, 9.17) is 5.73 Å². The molecule has 0 aliphatic carbocycles. The molecule has 1 fully saturated rings. The lowest BCUT2D eigenvalue weighted by atomic mass is 9.90. The van der Waals surface area contributed by atoms with Crippen LogP contribution in [-0.4, -0.2) is 35.2 Å². The van der Waals surface area contributed by atoms with Crippen LogP contribution in [0.2, 0.25) is 0 Å². The Morgan fingerprint density at radius 1 is 1.19 bits per heavy atom. The summed E-state index contributed by atoms with van der Waals surface area (Å²) in [6.07, 6.45) is 2.04. The summed E-state index contributed by atoms with van der Waals surface area (Å²) in [7, 11) is 0. The maximum atomic E-state index is 12.5. The highest BCUT2D eigenvalue weighted by Crippen LogP contribution is 2.24. The van der Waals surface area contributed by atoms with E-state index in [2.05, 4.69) is 20.8 Å². The van der Waals surface area contributed by atoms with Crippen LogP contribution < -0.4 is 5.73 Å². The first-order valence-corrected chi connectivity index (χ1v) is 8.67. The largest absolute Gasteiger partial charge is 0.339 e. The standard InChI is InChI=1S/C17H26N2OS/c1-12(2)21-16-6-4-15(5-7-16)17(20)19-10-8-14(9-11-19)13(3)18/h4-7,12-14H,8-11,18H2,1-3H3. The van der Waals surface area contributed by atoms with E-state index in [1.807, 2.05) is 40.9 Å². The Kier molecular flexibility index (Phi) is 5.71. The van der Waals surface area contributed by atoms with E-state index >= 15 is 0 Å². The van der Waals surface area contributed by atoms with E-state index in [9.17, 15) is 4.79 Å². The van der Waals surface area contributed by atoms with Crippen LogP contribution in [0.25, 0.3) is 0 Å². The van der Waals surface area contributed by atoms with E-state index < -0.39 is 0 Å². The van der Waals surface area contributed by atoms with Crippen LogP contribution in [0.5, 0.6) is 0 Å². The van der Waals surface area contributed by atoms with Crippen LogP contribution >= 0.6 is 11.8 Å². The van der Waals surface area contributed by atoms with Gasteiger partial charge in [0.1, 0.15) is 0 Å². The van der Waals surface area contributed by atoms with Crippen LogP contribution in [0.4, 0.5) is 0 Å². The summed E-state index contributed by atoms with van der Waals surface area (Å²) in [4.78, 5) is 15.7. The third kappa shape index (κ3) is 4.48. The number of carbonyl (C=O) groups is 1.